The van der Waals surface area contributed by atoms with Crippen LogP contribution in [0, 0.1) is 4.58 Å². The Hall–Kier alpha value is 0.250. The standard InChI is InChI=1S/C17H26O6S4/c18-1-2-19-3-4-20-5-6-21-7-8-22-9-10-23-13-15-14-26-17(27-15)16-24-11-12-25-16/h11-12,14,18H,1-10,13H2/q+1. The smallest absolute Gasteiger partial charge is 0.283 e. The van der Waals surface area contributed by atoms with Crippen LogP contribution in [0.25, 0.3) is 0 Å². The molecule has 2 rings (SSSR count). The molecule has 0 amide bonds. The Kier molecular flexibility index (Phi) is 14.0. The summed E-state index contributed by atoms with van der Waals surface area (Å²) in [6, 6.07) is 0. The lowest BCUT2D eigenvalue weighted by molar-refractivity contribution is -0.0119. The van der Waals surface area contributed by atoms with Gasteiger partial charge in [0.2, 0.25) is 0 Å². The fraction of sp³-hybridized carbons (Fsp3) is 0.647. The van der Waals surface area contributed by atoms with E-state index in [1.807, 2.05) is 0 Å². The molecular formula is C17H26O6S4+. The number of rotatable bonds is 17. The van der Waals surface area contributed by atoms with Gasteiger partial charge in [0.1, 0.15) is 10.8 Å². The van der Waals surface area contributed by atoms with Crippen molar-refractivity contribution in [3.63, 3.8) is 0 Å². The van der Waals surface area contributed by atoms with E-state index in [9.17, 15) is 0 Å². The quantitative estimate of drug-likeness (QED) is 0.284. The SMILES string of the molecule is OCCOCCOCCOCCOCCOCC1=CS[C](c2scc[s+]2)S1. The van der Waals surface area contributed by atoms with Crippen LogP contribution in [0.5, 0.6) is 0 Å². The normalized spacial score (nSPS) is 14.8. The average Bonchev–Trinajstić information content (AvgIpc) is 3.36. The van der Waals surface area contributed by atoms with E-state index in [1.54, 1.807) is 46.2 Å². The summed E-state index contributed by atoms with van der Waals surface area (Å²) in [5.41, 5.74) is 0. The molecule has 1 aromatic heterocycles. The van der Waals surface area contributed by atoms with Gasteiger partial charge in [0.15, 0.2) is 4.58 Å². The maximum Gasteiger partial charge on any atom is 0.283 e. The Morgan fingerprint density at radius 3 is 1.96 bits per heavy atom. The fourth-order valence-electron chi connectivity index (χ4n) is 1.86. The Bertz CT molecular complexity index is 500. The molecule has 1 N–H and O–H groups in total. The average molecular weight is 455 g/mol. The van der Waals surface area contributed by atoms with Crippen molar-refractivity contribution < 1.29 is 28.8 Å². The van der Waals surface area contributed by atoms with Gasteiger partial charge in [-0.15, -0.1) is 11.8 Å². The van der Waals surface area contributed by atoms with Gasteiger partial charge >= 0.3 is 0 Å². The van der Waals surface area contributed by atoms with Crippen LogP contribution in [0.3, 0.4) is 0 Å². The summed E-state index contributed by atoms with van der Waals surface area (Å²) in [4.78, 5) is 1.25. The zero-order valence-corrected chi connectivity index (χ0v) is 18.4. The lowest BCUT2D eigenvalue weighted by Gasteiger charge is -2.08. The van der Waals surface area contributed by atoms with Gasteiger partial charge in [-0.25, -0.2) is 0 Å². The van der Waals surface area contributed by atoms with Crippen molar-refractivity contribution in [3.05, 3.63) is 29.8 Å². The van der Waals surface area contributed by atoms with E-state index in [0.717, 1.165) is 0 Å². The zero-order valence-electron chi connectivity index (χ0n) is 15.1. The second kappa shape index (κ2) is 16.1. The third-order valence-electron chi connectivity index (χ3n) is 3.06. The Morgan fingerprint density at radius 2 is 1.41 bits per heavy atom. The highest BCUT2D eigenvalue weighted by atomic mass is 32.2. The first-order valence-corrected chi connectivity index (χ1v) is 12.1. The molecule has 0 atom stereocenters. The number of aliphatic hydroxyl groups is 1. The van der Waals surface area contributed by atoms with E-state index in [4.69, 9.17) is 28.8 Å². The largest absolute Gasteiger partial charge is 0.394 e. The van der Waals surface area contributed by atoms with Crippen molar-refractivity contribution in [1.82, 2.24) is 0 Å². The van der Waals surface area contributed by atoms with Gasteiger partial charge in [-0.3, -0.25) is 0 Å². The summed E-state index contributed by atoms with van der Waals surface area (Å²) in [6.45, 7) is 5.34. The van der Waals surface area contributed by atoms with E-state index < -0.39 is 0 Å². The number of thioether (sulfide) groups is 2. The first-order chi connectivity index (χ1) is 13.4. The van der Waals surface area contributed by atoms with Crippen LogP contribution < -0.4 is 0 Å². The molecule has 0 bridgehead atoms. The second-order valence-corrected chi connectivity index (χ2v) is 9.48. The van der Waals surface area contributed by atoms with Crippen molar-refractivity contribution >= 4 is 46.2 Å². The maximum atomic E-state index is 8.54. The van der Waals surface area contributed by atoms with Crippen LogP contribution in [-0.4, -0.2) is 77.8 Å². The minimum Gasteiger partial charge on any atom is -0.394 e. The Balaban J connectivity index is 1.30. The molecule has 153 valence electrons. The van der Waals surface area contributed by atoms with Crippen LogP contribution in [0.2, 0.25) is 0 Å². The van der Waals surface area contributed by atoms with Crippen molar-refractivity contribution in [2.75, 3.05) is 72.7 Å². The lowest BCUT2D eigenvalue weighted by atomic mass is 10.6. The third-order valence-corrected chi connectivity index (χ3v) is 8.10. The Morgan fingerprint density at radius 1 is 0.815 bits per heavy atom. The summed E-state index contributed by atoms with van der Waals surface area (Å²) in [6.07, 6.45) is 0. The number of hydrogen-bond acceptors (Lipinski definition) is 9. The summed E-state index contributed by atoms with van der Waals surface area (Å²) < 4.78 is 29.7. The molecule has 0 saturated heterocycles. The molecule has 2 heterocycles. The highest BCUT2D eigenvalue weighted by Crippen LogP contribution is 2.52. The van der Waals surface area contributed by atoms with Gasteiger partial charge in [0, 0.05) is 4.91 Å². The van der Waals surface area contributed by atoms with Crippen LogP contribution in [0.4, 0.5) is 0 Å². The molecule has 1 radical (unpaired) electrons. The summed E-state index contributed by atoms with van der Waals surface area (Å²) >= 11 is 7.15. The molecule has 0 unspecified atom stereocenters. The number of hydrogen-bond donors (Lipinski definition) is 1. The van der Waals surface area contributed by atoms with Gasteiger partial charge in [-0.2, -0.15) is 0 Å². The van der Waals surface area contributed by atoms with E-state index in [1.165, 1.54) is 13.7 Å². The summed E-state index contributed by atoms with van der Waals surface area (Å²) in [7, 11) is 0. The molecule has 0 fully saturated rings. The lowest BCUT2D eigenvalue weighted by Crippen LogP contribution is -2.13. The molecular weight excluding hydrogens is 428 g/mol. The second-order valence-electron chi connectivity index (χ2n) is 5.11. The van der Waals surface area contributed by atoms with Gasteiger partial charge in [-0.05, 0) is 5.41 Å². The minimum absolute atomic E-state index is 0.0412. The van der Waals surface area contributed by atoms with Gasteiger partial charge < -0.3 is 28.8 Å². The van der Waals surface area contributed by atoms with Gasteiger partial charge in [-0.1, -0.05) is 11.8 Å². The van der Waals surface area contributed by atoms with E-state index in [-0.39, 0.29) is 6.61 Å². The number of aliphatic hydroxyl groups excluding tert-OH is 1. The molecule has 0 aliphatic carbocycles. The molecule has 1 aromatic rings. The first kappa shape index (κ1) is 23.5. The third kappa shape index (κ3) is 11.1. The van der Waals surface area contributed by atoms with E-state index in [2.05, 4.69) is 16.2 Å². The van der Waals surface area contributed by atoms with Crippen LogP contribution in [-0.2, 0) is 23.7 Å². The topological polar surface area (TPSA) is 66.4 Å². The number of ether oxygens (including phenoxy) is 5. The molecule has 1 aliphatic heterocycles. The van der Waals surface area contributed by atoms with Crippen molar-refractivity contribution in [1.29, 1.82) is 0 Å². The fourth-order valence-corrected chi connectivity index (χ4v) is 6.28. The predicted molar refractivity (Wildman–Crippen MR) is 113 cm³/mol. The minimum atomic E-state index is 0.0412. The van der Waals surface area contributed by atoms with Crippen LogP contribution >= 0.6 is 46.2 Å². The molecule has 6 nitrogen and oxygen atoms in total. The molecule has 10 heteroatoms. The van der Waals surface area contributed by atoms with Crippen molar-refractivity contribution in [3.8, 4) is 0 Å². The molecule has 0 aromatic carbocycles. The molecule has 27 heavy (non-hydrogen) atoms. The molecule has 0 saturated carbocycles. The van der Waals surface area contributed by atoms with Gasteiger partial charge in [0.05, 0.1) is 95.3 Å². The predicted octanol–water partition coefficient (Wildman–Crippen LogP) is 3.32. The van der Waals surface area contributed by atoms with Crippen LogP contribution in [0.15, 0.2) is 21.1 Å². The van der Waals surface area contributed by atoms with E-state index >= 15 is 0 Å². The van der Waals surface area contributed by atoms with Crippen LogP contribution in [0.1, 0.15) is 4.19 Å². The summed E-state index contributed by atoms with van der Waals surface area (Å²) in [5.74, 6) is 0. The van der Waals surface area contributed by atoms with E-state index in [0.29, 0.717) is 66.1 Å². The Labute approximate surface area is 177 Å². The monoisotopic (exact) mass is 454 g/mol. The van der Waals surface area contributed by atoms with Gasteiger partial charge in [0.25, 0.3) is 4.19 Å². The zero-order chi connectivity index (χ0) is 19.0. The first-order valence-electron chi connectivity index (χ1n) is 8.66. The highest BCUT2D eigenvalue weighted by molar-refractivity contribution is 8.27. The van der Waals surface area contributed by atoms with Crippen molar-refractivity contribution in [2.45, 2.75) is 0 Å². The highest BCUT2D eigenvalue weighted by Gasteiger charge is 2.29. The summed E-state index contributed by atoms with van der Waals surface area (Å²) in [5, 5.41) is 14.9. The maximum absolute atomic E-state index is 8.54. The molecule has 0 spiro atoms. The van der Waals surface area contributed by atoms with Crippen molar-refractivity contribution in [2.24, 2.45) is 0 Å². The molecule has 1 aliphatic rings.